The molecule has 0 aromatic heterocycles. The maximum Gasteiger partial charge on any atom is 0.223 e. The van der Waals surface area contributed by atoms with Gasteiger partial charge in [-0.2, -0.15) is 0 Å². The molecule has 2 rings (SSSR count). The molecule has 1 amide bonds. The Morgan fingerprint density at radius 1 is 1.25 bits per heavy atom. The van der Waals surface area contributed by atoms with Gasteiger partial charge in [0.15, 0.2) is 0 Å². The van der Waals surface area contributed by atoms with Crippen LogP contribution in [0.2, 0.25) is 0 Å². The van der Waals surface area contributed by atoms with E-state index in [0.29, 0.717) is 18.0 Å². The van der Waals surface area contributed by atoms with Crippen molar-refractivity contribution in [1.29, 1.82) is 0 Å². The summed E-state index contributed by atoms with van der Waals surface area (Å²) in [6.45, 7) is 5.43. The number of rotatable bonds is 5. The Morgan fingerprint density at radius 3 is 2.55 bits per heavy atom. The third-order valence-corrected chi connectivity index (χ3v) is 5.05. The van der Waals surface area contributed by atoms with Gasteiger partial charge in [0, 0.05) is 18.0 Å². The van der Waals surface area contributed by atoms with E-state index in [1.54, 1.807) is 0 Å². The van der Waals surface area contributed by atoms with Gasteiger partial charge in [0.1, 0.15) is 0 Å². The molecule has 4 heteroatoms. The van der Waals surface area contributed by atoms with Gasteiger partial charge in [-0.3, -0.25) is 4.79 Å². The summed E-state index contributed by atoms with van der Waals surface area (Å²) < 4.78 is 0. The van der Waals surface area contributed by atoms with Crippen molar-refractivity contribution in [1.82, 2.24) is 10.6 Å². The SMILES string of the molecule is CCC(CC1CCCC1)C(=O)NC1CCCNC1C.Cl. The van der Waals surface area contributed by atoms with Crippen molar-refractivity contribution in [3.63, 3.8) is 0 Å². The van der Waals surface area contributed by atoms with Crippen molar-refractivity contribution in [2.45, 2.75) is 77.3 Å². The first-order valence-corrected chi connectivity index (χ1v) is 8.24. The first kappa shape index (κ1) is 17.8. The Balaban J connectivity index is 0.00000200. The second-order valence-electron chi connectivity index (χ2n) is 6.49. The number of halogens is 1. The lowest BCUT2D eigenvalue weighted by Crippen LogP contribution is -2.53. The van der Waals surface area contributed by atoms with Gasteiger partial charge in [0.2, 0.25) is 5.91 Å². The van der Waals surface area contributed by atoms with Gasteiger partial charge < -0.3 is 10.6 Å². The third kappa shape index (κ3) is 4.92. The van der Waals surface area contributed by atoms with Crippen molar-refractivity contribution >= 4 is 18.3 Å². The van der Waals surface area contributed by atoms with Crippen LogP contribution < -0.4 is 10.6 Å². The Bertz CT molecular complexity index is 292. The van der Waals surface area contributed by atoms with Gasteiger partial charge in [-0.1, -0.05) is 32.6 Å². The fourth-order valence-corrected chi connectivity index (χ4v) is 3.65. The van der Waals surface area contributed by atoms with Gasteiger partial charge in [0.05, 0.1) is 0 Å². The zero-order valence-corrected chi connectivity index (χ0v) is 13.8. The quantitative estimate of drug-likeness (QED) is 0.818. The molecule has 0 aromatic carbocycles. The molecule has 1 aliphatic heterocycles. The third-order valence-electron chi connectivity index (χ3n) is 5.05. The molecule has 2 aliphatic rings. The second kappa shape index (κ2) is 8.89. The first-order valence-electron chi connectivity index (χ1n) is 8.24. The van der Waals surface area contributed by atoms with Crippen molar-refractivity contribution in [2.75, 3.05) is 6.54 Å². The van der Waals surface area contributed by atoms with Crippen LogP contribution in [-0.4, -0.2) is 24.5 Å². The van der Waals surface area contributed by atoms with Gasteiger partial charge in [-0.25, -0.2) is 0 Å². The minimum atomic E-state index is 0. The normalized spacial score (nSPS) is 28.7. The lowest BCUT2D eigenvalue weighted by Gasteiger charge is -2.32. The maximum atomic E-state index is 12.4. The van der Waals surface area contributed by atoms with Gasteiger partial charge >= 0.3 is 0 Å². The number of hydrogen-bond donors (Lipinski definition) is 2. The smallest absolute Gasteiger partial charge is 0.223 e. The Labute approximate surface area is 130 Å². The van der Waals surface area contributed by atoms with Gasteiger partial charge in [-0.05, 0) is 45.1 Å². The monoisotopic (exact) mass is 302 g/mol. The Morgan fingerprint density at radius 2 is 1.95 bits per heavy atom. The molecule has 1 saturated heterocycles. The highest BCUT2D eigenvalue weighted by Crippen LogP contribution is 2.31. The maximum absolute atomic E-state index is 12.4. The highest BCUT2D eigenvalue weighted by atomic mass is 35.5. The van der Waals surface area contributed by atoms with E-state index < -0.39 is 0 Å². The predicted molar refractivity (Wildman–Crippen MR) is 86.2 cm³/mol. The molecule has 0 radical (unpaired) electrons. The summed E-state index contributed by atoms with van der Waals surface area (Å²) in [6.07, 6.45) is 9.80. The number of amides is 1. The lowest BCUT2D eigenvalue weighted by atomic mass is 9.90. The minimum absolute atomic E-state index is 0. The highest BCUT2D eigenvalue weighted by Gasteiger charge is 2.27. The van der Waals surface area contributed by atoms with Crippen LogP contribution in [0, 0.1) is 11.8 Å². The predicted octanol–water partition coefficient (Wildman–Crippen LogP) is 3.27. The fraction of sp³-hybridized carbons (Fsp3) is 0.938. The molecular formula is C16H31ClN2O. The molecule has 20 heavy (non-hydrogen) atoms. The molecule has 2 fully saturated rings. The van der Waals surface area contributed by atoms with E-state index in [9.17, 15) is 4.79 Å². The fourth-order valence-electron chi connectivity index (χ4n) is 3.65. The Kier molecular flexibility index (Phi) is 7.90. The molecule has 118 valence electrons. The van der Waals surface area contributed by atoms with Crippen molar-refractivity contribution in [3.05, 3.63) is 0 Å². The zero-order chi connectivity index (χ0) is 13.7. The molecule has 0 spiro atoms. The number of carbonyl (C=O) groups excluding carboxylic acids is 1. The van der Waals surface area contributed by atoms with Crippen LogP contribution in [0.15, 0.2) is 0 Å². The van der Waals surface area contributed by atoms with Crippen LogP contribution >= 0.6 is 12.4 Å². The van der Waals surface area contributed by atoms with Crippen LogP contribution in [0.1, 0.15) is 65.2 Å². The van der Waals surface area contributed by atoms with E-state index >= 15 is 0 Å². The van der Waals surface area contributed by atoms with Crippen LogP contribution in [0.5, 0.6) is 0 Å². The summed E-state index contributed by atoms with van der Waals surface area (Å²) in [5, 5.41) is 6.74. The molecule has 3 atom stereocenters. The summed E-state index contributed by atoms with van der Waals surface area (Å²) in [5.41, 5.74) is 0. The van der Waals surface area contributed by atoms with E-state index in [2.05, 4.69) is 24.5 Å². The summed E-state index contributed by atoms with van der Waals surface area (Å²) in [4.78, 5) is 12.4. The van der Waals surface area contributed by atoms with E-state index in [1.807, 2.05) is 0 Å². The Hall–Kier alpha value is -0.280. The number of piperidine rings is 1. The summed E-state index contributed by atoms with van der Waals surface area (Å²) in [5.74, 6) is 1.34. The molecule has 2 N–H and O–H groups in total. The van der Waals surface area contributed by atoms with Crippen molar-refractivity contribution < 1.29 is 4.79 Å². The number of nitrogens with one attached hydrogen (secondary N) is 2. The van der Waals surface area contributed by atoms with Crippen molar-refractivity contribution in [2.24, 2.45) is 11.8 Å². The molecule has 1 saturated carbocycles. The summed E-state index contributed by atoms with van der Waals surface area (Å²) >= 11 is 0. The van der Waals surface area contributed by atoms with Crippen LogP contribution in [-0.2, 0) is 4.79 Å². The minimum Gasteiger partial charge on any atom is -0.352 e. The molecular weight excluding hydrogens is 272 g/mol. The van der Waals surface area contributed by atoms with E-state index in [0.717, 1.165) is 31.7 Å². The van der Waals surface area contributed by atoms with E-state index in [4.69, 9.17) is 0 Å². The molecule has 3 nitrogen and oxygen atoms in total. The summed E-state index contributed by atoms with van der Waals surface area (Å²) in [7, 11) is 0. The standard InChI is InChI=1S/C16H30N2O.ClH/c1-3-14(11-13-7-4-5-8-13)16(19)18-15-9-6-10-17-12(15)2;/h12-15,17H,3-11H2,1-2H3,(H,18,19);1H. The van der Waals surface area contributed by atoms with Crippen LogP contribution in [0.3, 0.4) is 0 Å². The van der Waals surface area contributed by atoms with Crippen LogP contribution in [0.4, 0.5) is 0 Å². The number of carbonyl (C=O) groups is 1. The molecule has 1 heterocycles. The molecule has 3 unspecified atom stereocenters. The number of hydrogen-bond acceptors (Lipinski definition) is 2. The first-order chi connectivity index (χ1) is 9.20. The van der Waals surface area contributed by atoms with Crippen molar-refractivity contribution in [3.8, 4) is 0 Å². The van der Waals surface area contributed by atoms with Crippen LogP contribution in [0.25, 0.3) is 0 Å². The van der Waals surface area contributed by atoms with Gasteiger partial charge in [-0.15, -0.1) is 12.4 Å². The largest absolute Gasteiger partial charge is 0.352 e. The highest BCUT2D eigenvalue weighted by molar-refractivity contribution is 5.85. The average molecular weight is 303 g/mol. The lowest BCUT2D eigenvalue weighted by molar-refractivity contribution is -0.126. The topological polar surface area (TPSA) is 41.1 Å². The molecule has 1 aliphatic carbocycles. The van der Waals surface area contributed by atoms with E-state index in [1.165, 1.54) is 32.1 Å². The zero-order valence-electron chi connectivity index (χ0n) is 13.0. The molecule has 0 bridgehead atoms. The molecule has 0 aromatic rings. The van der Waals surface area contributed by atoms with Gasteiger partial charge in [0.25, 0.3) is 0 Å². The van der Waals surface area contributed by atoms with E-state index in [-0.39, 0.29) is 18.3 Å². The second-order valence-corrected chi connectivity index (χ2v) is 6.49. The average Bonchev–Trinajstić information content (AvgIpc) is 2.91. The summed E-state index contributed by atoms with van der Waals surface area (Å²) in [6, 6.07) is 0.751.